The topological polar surface area (TPSA) is 47.3 Å². The van der Waals surface area contributed by atoms with E-state index < -0.39 is 0 Å². The van der Waals surface area contributed by atoms with E-state index in [-0.39, 0.29) is 6.04 Å². The van der Waals surface area contributed by atoms with Crippen LogP contribution in [0.15, 0.2) is 41.3 Å². The molecule has 0 aliphatic carbocycles. The van der Waals surface area contributed by atoms with Crippen molar-refractivity contribution in [3.8, 4) is 5.75 Å². The van der Waals surface area contributed by atoms with Crippen LogP contribution >= 0.6 is 0 Å². The Kier molecular flexibility index (Phi) is 4.98. The molecule has 0 spiro atoms. The third-order valence-corrected chi connectivity index (χ3v) is 2.78. The maximum Gasteiger partial charge on any atom is 0.137 e. The highest BCUT2D eigenvalue weighted by molar-refractivity contribution is 5.30. The van der Waals surface area contributed by atoms with Gasteiger partial charge in [-0.2, -0.15) is 0 Å². The molecule has 0 aliphatic rings. The Bertz CT molecular complexity index is 483. The first kappa shape index (κ1) is 13.6. The SMILES string of the molecule is CCCOc1cncc(C(NCC)c2ccco2)c1. The molecule has 1 N–H and O–H groups in total. The van der Waals surface area contributed by atoms with Gasteiger partial charge in [-0.05, 0) is 36.7 Å². The van der Waals surface area contributed by atoms with Crippen molar-refractivity contribution in [2.75, 3.05) is 13.2 Å². The third-order valence-electron chi connectivity index (χ3n) is 2.78. The summed E-state index contributed by atoms with van der Waals surface area (Å²) in [6.07, 6.45) is 6.25. The number of ether oxygens (including phenoxy) is 1. The smallest absolute Gasteiger partial charge is 0.137 e. The molecule has 2 rings (SSSR count). The monoisotopic (exact) mass is 260 g/mol. The summed E-state index contributed by atoms with van der Waals surface area (Å²) < 4.78 is 11.1. The summed E-state index contributed by atoms with van der Waals surface area (Å²) in [5.74, 6) is 1.69. The number of hydrogen-bond acceptors (Lipinski definition) is 4. The van der Waals surface area contributed by atoms with E-state index in [1.807, 2.05) is 24.4 Å². The molecule has 0 bridgehead atoms. The standard InChI is InChI=1S/C15H20N2O2/c1-3-7-18-13-9-12(10-16-11-13)15(17-4-2)14-6-5-8-19-14/h5-6,8-11,15,17H,3-4,7H2,1-2H3. The first-order valence-electron chi connectivity index (χ1n) is 6.69. The van der Waals surface area contributed by atoms with Crippen LogP contribution in [0.25, 0.3) is 0 Å². The average molecular weight is 260 g/mol. The van der Waals surface area contributed by atoms with Crippen molar-refractivity contribution in [2.24, 2.45) is 0 Å². The van der Waals surface area contributed by atoms with Crippen molar-refractivity contribution in [1.29, 1.82) is 0 Å². The minimum atomic E-state index is 0.0117. The molecular weight excluding hydrogens is 240 g/mol. The number of hydrogen-bond donors (Lipinski definition) is 1. The van der Waals surface area contributed by atoms with Gasteiger partial charge in [0.2, 0.25) is 0 Å². The molecule has 0 amide bonds. The second kappa shape index (κ2) is 6.95. The minimum Gasteiger partial charge on any atom is -0.492 e. The van der Waals surface area contributed by atoms with Gasteiger partial charge in [0.15, 0.2) is 0 Å². The van der Waals surface area contributed by atoms with Gasteiger partial charge in [0.05, 0.1) is 25.1 Å². The Morgan fingerprint density at radius 1 is 1.37 bits per heavy atom. The third kappa shape index (κ3) is 3.58. The molecule has 2 aromatic rings. The van der Waals surface area contributed by atoms with Crippen LogP contribution < -0.4 is 10.1 Å². The molecule has 4 nitrogen and oxygen atoms in total. The van der Waals surface area contributed by atoms with E-state index in [4.69, 9.17) is 9.15 Å². The number of furan rings is 1. The number of aromatic nitrogens is 1. The van der Waals surface area contributed by atoms with Crippen molar-refractivity contribution in [2.45, 2.75) is 26.3 Å². The number of nitrogens with zero attached hydrogens (tertiary/aromatic N) is 1. The normalized spacial score (nSPS) is 12.3. The zero-order chi connectivity index (χ0) is 13.5. The molecule has 0 fully saturated rings. The molecule has 0 radical (unpaired) electrons. The van der Waals surface area contributed by atoms with Crippen molar-refractivity contribution in [3.05, 3.63) is 48.2 Å². The number of rotatable bonds is 7. The lowest BCUT2D eigenvalue weighted by atomic mass is 10.1. The molecule has 2 aromatic heterocycles. The van der Waals surface area contributed by atoms with Gasteiger partial charge in [-0.25, -0.2) is 0 Å². The van der Waals surface area contributed by atoms with Gasteiger partial charge >= 0.3 is 0 Å². The first-order chi connectivity index (χ1) is 9.35. The van der Waals surface area contributed by atoms with Crippen molar-refractivity contribution in [1.82, 2.24) is 10.3 Å². The summed E-state index contributed by atoms with van der Waals surface area (Å²) in [7, 11) is 0. The highest BCUT2D eigenvalue weighted by atomic mass is 16.5. The van der Waals surface area contributed by atoms with Gasteiger partial charge in [0, 0.05) is 6.20 Å². The zero-order valence-electron chi connectivity index (χ0n) is 11.4. The fraction of sp³-hybridized carbons (Fsp3) is 0.400. The maximum atomic E-state index is 5.62. The molecule has 4 heteroatoms. The van der Waals surface area contributed by atoms with Gasteiger partial charge < -0.3 is 14.5 Å². The predicted octanol–water partition coefficient (Wildman–Crippen LogP) is 3.16. The van der Waals surface area contributed by atoms with Crippen molar-refractivity contribution in [3.63, 3.8) is 0 Å². The van der Waals surface area contributed by atoms with E-state index in [9.17, 15) is 0 Å². The summed E-state index contributed by atoms with van der Waals surface area (Å²) in [5, 5.41) is 3.40. The van der Waals surface area contributed by atoms with E-state index >= 15 is 0 Å². The lowest BCUT2D eigenvalue weighted by molar-refractivity contribution is 0.315. The Morgan fingerprint density at radius 3 is 2.95 bits per heavy atom. The molecule has 102 valence electrons. The van der Waals surface area contributed by atoms with Crippen molar-refractivity contribution < 1.29 is 9.15 Å². The zero-order valence-corrected chi connectivity index (χ0v) is 11.4. The molecule has 0 saturated carbocycles. The average Bonchev–Trinajstić information content (AvgIpc) is 2.96. The Balaban J connectivity index is 2.21. The van der Waals surface area contributed by atoms with E-state index in [1.165, 1.54) is 0 Å². The summed E-state index contributed by atoms with van der Waals surface area (Å²) in [6.45, 7) is 5.71. The minimum absolute atomic E-state index is 0.0117. The quantitative estimate of drug-likeness (QED) is 0.830. The van der Waals surface area contributed by atoms with Crippen LogP contribution in [-0.4, -0.2) is 18.1 Å². The second-order valence-electron chi connectivity index (χ2n) is 4.31. The van der Waals surface area contributed by atoms with E-state index in [0.717, 1.165) is 30.0 Å². The summed E-state index contributed by atoms with van der Waals surface area (Å²) >= 11 is 0. The van der Waals surface area contributed by atoms with Crippen LogP contribution in [0.4, 0.5) is 0 Å². The molecule has 0 aliphatic heterocycles. The first-order valence-corrected chi connectivity index (χ1v) is 6.69. The van der Waals surface area contributed by atoms with Gasteiger partial charge in [0.1, 0.15) is 11.5 Å². The van der Waals surface area contributed by atoms with E-state index in [2.05, 4.69) is 24.1 Å². The van der Waals surface area contributed by atoms with Gasteiger partial charge in [-0.3, -0.25) is 4.98 Å². The number of nitrogens with one attached hydrogen (secondary N) is 1. The fourth-order valence-corrected chi connectivity index (χ4v) is 1.93. The molecule has 19 heavy (non-hydrogen) atoms. The summed E-state index contributed by atoms with van der Waals surface area (Å²) in [6, 6.07) is 5.88. The van der Waals surface area contributed by atoms with Crippen LogP contribution in [0.2, 0.25) is 0 Å². The maximum absolute atomic E-state index is 5.62. The highest BCUT2D eigenvalue weighted by Crippen LogP contribution is 2.24. The lowest BCUT2D eigenvalue weighted by Crippen LogP contribution is -2.21. The van der Waals surface area contributed by atoms with E-state index in [1.54, 1.807) is 12.5 Å². The van der Waals surface area contributed by atoms with E-state index in [0.29, 0.717) is 6.61 Å². The Labute approximate surface area is 113 Å². The largest absolute Gasteiger partial charge is 0.492 e. The second-order valence-corrected chi connectivity index (χ2v) is 4.31. The molecule has 1 atom stereocenters. The van der Waals surface area contributed by atoms with Crippen LogP contribution in [0.5, 0.6) is 5.75 Å². The number of pyridine rings is 1. The Morgan fingerprint density at radius 2 is 2.26 bits per heavy atom. The summed E-state index contributed by atoms with van der Waals surface area (Å²) in [4.78, 5) is 4.24. The van der Waals surface area contributed by atoms with Crippen LogP contribution in [-0.2, 0) is 0 Å². The van der Waals surface area contributed by atoms with Gasteiger partial charge in [0.25, 0.3) is 0 Å². The van der Waals surface area contributed by atoms with Crippen LogP contribution in [0.3, 0.4) is 0 Å². The van der Waals surface area contributed by atoms with Crippen LogP contribution in [0, 0.1) is 0 Å². The fourth-order valence-electron chi connectivity index (χ4n) is 1.93. The molecular formula is C15H20N2O2. The Hall–Kier alpha value is -1.81. The lowest BCUT2D eigenvalue weighted by Gasteiger charge is -2.16. The van der Waals surface area contributed by atoms with Gasteiger partial charge in [-0.15, -0.1) is 0 Å². The summed E-state index contributed by atoms with van der Waals surface area (Å²) in [5.41, 5.74) is 1.05. The molecule has 2 heterocycles. The molecule has 1 unspecified atom stereocenters. The molecule has 0 aromatic carbocycles. The highest BCUT2D eigenvalue weighted by Gasteiger charge is 2.16. The molecule has 0 saturated heterocycles. The van der Waals surface area contributed by atoms with Crippen LogP contribution in [0.1, 0.15) is 37.6 Å². The van der Waals surface area contributed by atoms with Gasteiger partial charge in [-0.1, -0.05) is 13.8 Å². The predicted molar refractivity (Wildman–Crippen MR) is 74.3 cm³/mol. The van der Waals surface area contributed by atoms with Crippen molar-refractivity contribution >= 4 is 0 Å².